The molecule has 0 saturated carbocycles. The molecule has 0 aliphatic heterocycles. The Kier molecular flexibility index (Phi) is 18.4. The van der Waals surface area contributed by atoms with Crippen molar-refractivity contribution in [3.05, 3.63) is 75.7 Å². The number of nitrogens with two attached hydrogens (primary N) is 2. The molecule has 0 spiro atoms. The Labute approximate surface area is 279 Å². The predicted molar refractivity (Wildman–Crippen MR) is 169 cm³/mol. The third kappa shape index (κ3) is 16.1. The molecule has 1 heterocycles. The van der Waals surface area contributed by atoms with Crippen LogP contribution >= 0.6 is 0 Å². The van der Waals surface area contributed by atoms with E-state index in [1.54, 1.807) is 36.4 Å². The van der Waals surface area contributed by atoms with E-state index in [9.17, 15) is 40.7 Å². The molecule has 0 radical (unpaired) electrons. The molecular weight excluding hydrogens is 686 g/mol. The van der Waals surface area contributed by atoms with Gasteiger partial charge in [0.25, 0.3) is 17.9 Å². The van der Waals surface area contributed by atoms with Gasteiger partial charge in [0.1, 0.15) is 12.4 Å². The van der Waals surface area contributed by atoms with Gasteiger partial charge in [0.15, 0.2) is 5.82 Å². The number of rotatable bonds is 9. The normalized spacial score (nSPS) is 10.2. The Balaban J connectivity index is 0.00000145. The fraction of sp³-hybridized carbons (Fsp3) is 0.276. The third-order valence-corrected chi connectivity index (χ3v) is 5.52. The molecule has 0 fully saturated rings. The number of hydrogen-bond acceptors (Lipinski definition) is 9. The van der Waals surface area contributed by atoms with Crippen molar-refractivity contribution in [2.45, 2.75) is 45.8 Å². The smallest absolute Gasteiger partial charge is 0.483 e. The van der Waals surface area contributed by atoms with Crippen LogP contribution in [0.2, 0.25) is 0 Å². The number of nitrogen functional groups attached to an aromatic ring is 2. The number of amidine groups is 1. The SMILES string of the molecule is CNC(=O)c1cc(N)cc(-c2cnc(NC(C)C)c(=O)n2CC(=O)NCc2ccc(C(=N)N)cc2)c1.FC(F)F.O=C(O)C(F)(F)F.O=CO. The number of carboxylic acids is 1. The summed E-state index contributed by atoms with van der Waals surface area (Å²) in [6.07, 6.45) is -3.61. The first-order valence-electron chi connectivity index (χ1n) is 13.7. The quantitative estimate of drug-likeness (QED) is 0.0524. The van der Waals surface area contributed by atoms with E-state index in [0.717, 1.165) is 5.56 Å². The van der Waals surface area contributed by atoms with E-state index in [1.165, 1.54) is 23.9 Å². The summed E-state index contributed by atoms with van der Waals surface area (Å²) in [5, 5.41) is 29.8. The van der Waals surface area contributed by atoms with Gasteiger partial charge >= 0.3 is 18.8 Å². The summed E-state index contributed by atoms with van der Waals surface area (Å²) in [5.41, 5.74) is 13.9. The number of amides is 2. The van der Waals surface area contributed by atoms with Crippen LogP contribution in [-0.2, 0) is 27.5 Å². The molecule has 0 aliphatic carbocycles. The largest absolute Gasteiger partial charge is 0.490 e. The highest BCUT2D eigenvalue weighted by molar-refractivity contribution is 5.96. The molecule has 0 atom stereocenters. The number of halogens is 6. The number of carbonyl (C=O) groups excluding carboxylic acids is 2. The summed E-state index contributed by atoms with van der Waals surface area (Å²) in [5.74, 6) is -3.42. The maximum atomic E-state index is 13.3. The van der Waals surface area contributed by atoms with Crippen molar-refractivity contribution < 1.29 is 55.7 Å². The highest BCUT2D eigenvalue weighted by Crippen LogP contribution is 2.23. The molecule has 2 amide bonds. The van der Waals surface area contributed by atoms with Gasteiger partial charge < -0.3 is 37.6 Å². The molecule has 3 rings (SSSR count). The molecule has 274 valence electrons. The van der Waals surface area contributed by atoms with Crippen molar-refractivity contribution in [1.29, 1.82) is 5.41 Å². The first-order valence-corrected chi connectivity index (χ1v) is 13.7. The highest BCUT2D eigenvalue weighted by Gasteiger charge is 2.38. The molecule has 10 N–H and O–H groups in total. The molecule has 15 nitrogen and oxygen atoms in total. The van der Waals surface area contributed by atoms with Gasteiger partial charge in [-0.2, -0.15) is 26.3 Å². The second-order valence-electron chi connectivity index (χ2n) is 9.65. The van der Waals surface area contributed by atoms with Gasteiger partial charge in [0, 0.05) is 42.0 Å². The summed E-state index contributed by atoms with van der Waals surface area (Å²) in [6.45, 7) is -0.227. The van der Waals surface area contributed by atoms with Gasteiger partial charge in [-0.3, -0.25) is 29.2 Å². The number of alkyl halides is 6. The second kappa shape index (κ2) is 21.0. The van der Waals surface area contributed by atoms with Crippen molar-refractivity contribution in [2.75, 3.05) is 18.1 Å². The number of carboxylic acid groups (broad SMARTS) is 2. The van der Waals surface area contributed by atoms with Gasteiger partial charge in [-0.25, -0.2) is 9.78 Å². The minimum absolute atomic E-state index is 0.0397. The Morgan fingerprint density at radius 3 is 2.02 bits per heavy atom. The summed E-state index contributed by atoms with van der Waals surface area (Å²) in [7, 11) is 1.51. The van der Waals surface area contributed by atoms with Crippen molar-refractivity contribution in [2.24, 2.45) is 5.73 Å². The van der Waals surface area contributed by atoms with Crippen LogP contribution in [0.5, 0.6) is 0 Å². The Bertz CT molecular complexity index is 1660. The lowest BCUT2D eigenvalue weighted by atomic mass is 10.1. The first-order chi connectivity index (χ1) is 23.2. The number of benzene rings is 2. The monoisotopic (exact) mass is 720 g/mol. The molecular formula is C29H34F6N8O7. The van der Waals surface area contributed by atoms with Crippen LogP contribution in [0.1, 0.15) is 35.3 Å². The van der Waals surface area contributed by atoms with E-state index in [-0.39, 0.29) is 43.2 Å². The molecule has 0 unspecified atom stereocenters. The van der Waals surface area contributed by atoms with Gasteiger partial charge in [-0.15, -0.1) is 0 Å². The fourth-order valence-corrected chi connectivity index (χ4v) is 3.52. The third-order valence-electron chi connectivity index (χ3n) is 5.52. The summed E-state index contributed by atoms with van der Waals surface area (Å²) in [4.78, 5) is 59.9. The minimum Gasteiger partial charge on any atom is -0.483 e. The zero-order valence-corrected chi connectivity index (χ0v) is 26.5. The zero-order chi connectivity index (χ0) is 38.8. The van der Waals surface area contributed by atoms with Crippen LogP contribution in [-0.4, -0.2) is 75.8 Å². The van der Waals surface area contributed by atoms with Crippen molar-refractivity contribution in [3.63, 3.8) is 0 Å². The average Bonchev–Trinajstić information content (AvgIpc) is 3.01. The lowest BCUT2D eigenvalue weighted by molar-refractivity contribution is -0.192. The zero-order valence-electron chi connectivity index (χ0n) is 26.5. The maximum absolute atomic E-state index is 13.3. The maximum Gasteiger partial charge on any atom is 0.490 e. The summed E-state index contributed by atoms with van der Waals surface area (Å²) in [6, 6.07) is 11.6. The number of nitrogens with one attached hydrogen (secondary N) is 4. The van der Waals surface area contributed by atoms with Crippen LogP contribution in [0.25, 0.3) is 11.3 Å². The van der Waals surface area contributed by atoms with Crippen molar-refractivity contribution in [3.8, 4) is 11.3 Å². The molecule has 2 aromatic carbocycles. The fourth-order valence-electron chi connectivity index (χ4n) is 3.52. The number of anilines is 2. The van der Waals surface area contributed by atoms with Gasteiger partial charge in [0.05, 0.1) is 11.9 Å². The van der Waals surface area contributed by atoms with E-state index >= 15 is 0 Å². The number of nitrogens with zero attached hydrogens (tertiary/aromatic N) is 2. The standard InChI is InChI=1S/C25H30N8O3.C2HF3O2.CHF3.CH2O2/c1-14(2)32-23-25(36)33(13-21(34)30-11-15-4-6-16(7-5-15)22(27)28)20(12-31-23)17-8-18(24(35)29-3)10-19(26)9-17;3-2(4,5)1(6)7;2-1(3)4;2-1-3/h4-10,12,14H,11,13,26H2,1-3H3,(H3,27,28)(H,29,35)(H,30,34)(H,31,32);(H,6,7);1H;1H,(H,2,3). The Hall–Kier alpha value is -6.15. The van der Waals surface area contributed by atoms with Crippen LogP contribution in [0, 0.1) is 5.41 Å². The van der Waals surface area contributed by atoms with Crippen molar-refractivity contribution in [1.82, 2.24) is 20.2 Å². The molecule has 0 bridgehead atoms. The lowest BCUT2D eigenvalue weighted by Crippen LogP contribution is -2.35. The summed E-state index contributed by atoms with van der Waals surface area (Å²) < 4.78 is 62.0. The molecule has 50 heavy (non-hydrogen) atoms. The summed E-state index contributed by atoms with van der Waals surface area (Å²) >= 11 is 0. The Morgan fingerprint density at radius 2 is 1.58 bits per heavy atom. The van der Waals surface area contributed by atoms with E-state index in [2.05, 4.69) is 20.9 Å². The van der Waals surface area contributed by atoms with E-state index in [1.807, 2.05) is 13.8 Å². The van der Waals surface area contributed by atoms with Gasteiger partial charge in [-0.1, -0.05) is 24.3 Å². The van der Waals surface area contributed by atoms with Crippen LogP contribution in [0.4, 0.5) is 37.8 Å². The predicted octanol–water partition coefficient (Wildman–Crippen LogP) is 2.79. The van der Waals surface area contributed by atoms with Crippen molar-refractivity contribution >= 4 is 41.6 Å². The van der Waals surface area contributed by atoms with E-state index < -0.39 is 30.3 Å². The number of carbonyl (C=O) groups is 4. The minimum atomic E-state index is -5.08. The number of aliphatic carboxylic acids is 1. The van der Waals surface area contributed by atoms with Crippen LogP contribution < -0.4 is 33.0 Å². The van der Waals surface area contributed by atoms with Gasteiger partial charge in [0.2, 0.25) is 5.91 Å². The average molecular weight is 721 g/mol. The van der Waals surface area contributed by atoms with E-state index in [4.69, 9.17) is 36.7 Å². The number of aromatic nitrogens is 2. The molecule has 1 aromatic heterocycles. The molecule has 3 aromatic rings. The van der Waals surface area contributed by atoms with Crippen LogP contribution in [0.15, 0.2) is 53.5 Å². The lowest BCUT2D eigenvalue weighted by Gasteiger charge is -2.17. The first kappa shape index (κ1) is 43.8. The number of hydrogen-bond donors (Lipinski definition) is 8. The Morgan fingerprint density at radius 1 is 1.06 bits per heavy atom. The second-order valence-corrected chi connectivity index (χ2v) is 9.65. The van der Waals surface area contributed by atoms with Crippen LogP contribution in [0.3, 0.4) is 0 Å². The molecule has 0 aliphatic rings. The molecule has 21 heteroatoms. The van der Waals surface area contributed by atoms with Gasteiger partial charge in [-0.05, 0) is 37.6 Å². The molecule has 0 saturated heterocycles. The van der Waals surface area contributed by atoms with E-state index in [0.29, 0.717) is 28.1 Å². The highest BCUT2D eigenvalue weighted by atomic mass is 19.4. The topological polar surface area (TPSA) is 256 Å².